The highest BCUT2D eigenvalue weighted by molar-refractivity contribution is 6.46. The molecule has 1 atom stereocenters. The van der Waals surface area contributed by atoms with Gasteiger partial charge in [0.1, 0.15) is 11.5 Å². The standard InChI is InChI=1S/C33H46N2O6/c1-6-10-20-40-26-15-12-14-25(22-26)31(36)29-30(24-16-17-27(28(23-24)39-5)41-21-11-7-2)35(33(38)32(29)37)19-13-18-34(8-3)9-4/h12,14-17,22-23,30,36H,6-11,13,18-21H2,1-5H3. The van der Waals surface area contributed by atoms with Crippen molar-refractivity contribution in [2.75, 3.05) is 46.5 Å². The molecule has 1 fully saturated rings. The summed E-state index contributed by atoms with van der Waals surface area (Å²) in [5, 5.41) is 11.5. The topological polar surface area (TPSA) is 88.5 Å². The summed E-state index contributed by atoms with van der Waals surface area (Å²) in [6.45, 7) is 12.5. The molecule has 2 aromatic rings. The summed E-state index contributed by atoms with van der Waals surface area (Å²) in [4.78, 5) is 30.8. The summed E-state index contributed by atoms with van der Waals surface area (Å²) in [5.41, 5.74) is 1.16. The van der Waals surface area contributed by atoms with Gasteiger partial charge in [0.25, 0.3) is 11.7 Å². The molecule has 0 saturated carbocycles. The number of carbonyl (C=O) groups is 2. The van der Waals surface area contributed by atoms with E-state index in [1.54, 1.807) is 36.3 Å². The molecule has 8 heteroatoms. The van der Waals surface area contributed by atoms with Gasteiger partial charge in [-0.3, -0.25) is 9.59 Å². The van der Waals surface area contributed by atoms with Gasteiger partial charge in [-0.05, 0) is 68.7 Å². The van der Waals surface area contributed by atoms with Crippen molar-refractivity contribution >= 4 is 17.4 Å². The van der Waals surface area contributed by atoms with Gasteiger partial charge < -0.3 is 29.1 Å². The van der Waals surface area contributed by atoms with Gasteiger partial charge >= 0.3 is 0 Å². The maximum atomic E-state index is 13.5. The number of ketones is 1. The molecule has 1 saturated heterocycles. The maximum absolute atomic E-state index is 13.5. The van der Waals surface area contributed by atoms with E-state index in [1.807, 2.05) is 18.2 Å². The first-order chi connectivity index (χ1) is 19.9. The fourth-order valence-corrected chi connectivity index (χ4v) is 4.98. The highest BCUT2D eigenvalue weighted by atomic mass is 16.5. The zero-order chi connectivity index (χ0) is 29.8. The predicted octanol–water partition coefficient (Wildman–Crippen LogP) is 6.21. The van der Waals surface area contributed by atoms with Gasteiger partial charge in [-0.1, -0.05) is 58.7 Å². The molecule has 224 valence electrons. The smallest absolute Gasteiger partial charge is 0.295 e. The Kier molecular flexibility index (Phi) is 12.5. The van der Waals surface area contributed by atoms with Gasteiger partial charge in [0.2, 0.25) is 0 Å². The predicted molar refractivity (Wildman–Crippen MR) is 162 cm³/mol. The fraction of sp³-hybridized carbons (Fsp3) is 0.515. The summed E-state index contributed by atoms with van der Waals surface area (Å²) < 4.78 is 17.4. The van der Waals surface area contributed by atoms with Gasteiger partial charge in [-0.25, -0.2) is 0 Å². The van der Waals surface area contributed by atoms with Crippen LogP contribution in [0.5, 0.6) is 17.2 Å². The number of benzene rings is 2. The van der Waals surface area contributed by atoms with Gasteiger partial charge in [0.05, 0.1) is 31.9 Å². The number of likely N-dealkylation sites (tertiary alicyclic amines) is 1. The van der Waals surface area contributed by atoms with E-state index in [9.17, 15) is 14.7 Å². The number of aliphatic hydroxyl groups excluding tert-OH is 1. The second-order valence-electron chi connectivity index (χ2n) is 10.2. The zero-order valence-electron chi connectivity index (χ0n) is 25.3. The van der Waals surface area contributed by atoms with E-state index >= 15 is 0 Å². The Bertz CT molecular complexity index is 1190. The fourth-order valence-electron chi connectivity index (χ4n) is 4.98. The number of rotatable bonds is 17. The van der Waals surface area contributed by atoms with Crippen molar-refractivity contribution < 1.29 is 28.9 Å². The van der Waals surface area contributed by atoms with E-state index in [2.05, 4.69) is 32.6 Å². The minimum atomic E-state index is -0.769. The Morgan fingerprint density at radius 2 is 1.61 bits per heavy atom. The molecule has 0 aliphatic carbocycles. The molecule has 41 heavy (non-hydrogen) atoms. The molecule has 0 radical (unpaired) electrons. The van der Waals surface area contributed by atoms with Gasteiger partial charge in [-0.2, -0.15) is 0 Å². The quantitative estimate of drug-likeness (QED) is 0.105. The number of amides is 1. The molecule has 1 unspecified atom stereocenters. The molecule has 1 aliphatic heterocycles. The van der Waals surface area contributed by atoms with Gasteiger partial charge in [-0.15, -0.1) is 0 Å². The normalized spacial score (nSPS) is 16.4. The maximum Gasteiger partial charge on any atom is 0.295 e. The van der Waals surface area contributed by atoms with Crippen molar-refractivity contribution in [3.05, 3.63) is 59.2 Å². The molecule has 0 aromatic heterocycles. The zero-order valence-corrected chi connectivity index (χ0v) is 25.3. The first-order valence-electron chi connectivity index (χ1n) is 14.9. The van der Waals surface area contributed by atoms with Crippen LogP contribution in [-0.2, 0) is 9.59 Å². The average molecular weight is 567 g/mol. The molecular formula is C33H46N2O6. The Morgan fingerprint density at radius 1 is 0.902 bits per heavy atom. The lowest BCUT2D eigenvalue weighted by Crippen LogP contribution is -2.33. The lowest BCUT2D eigenvalue weighted by atomic mass is 9.95. The van der Waals surface area contributed by atoms with E-state index < -0.39 is 17.7 Å². The van der Waals surface area contributed by atoms with Crippen LogP contribution in [0.4, 0.5) is 0 Å². The van der Waals surface area contributed by atoms with Crippen molar-refractivity contribution in [1.29, 1.82) is 0 Å². The minimum Gasteiger partial charge on any atom is -0.507 e. The number of nitrogens with zero attached hydrogens (tertiary/aromatic N) is 2. The minimum absolute atomic E-state index is 0.0604. The number of hydrogen-bond donors (Lipinski definition) is 1. The van der Waals surface area contributed by atoms with Crippen LogP contribution in [0.3, 0.4) is 0 Å². The first-order valence-corrected chi connectivity index (χ1v) is 14.9. The number of unbranched alkanes of at least 4 members (excludes halogenated alkanes) is 2. The van der Waals surface area contributed by atoms with E-state index in [0.717, 1.165) is 45.3 Å². The Balaban J connectivity index is 2.05. The summed E-state index contributed by atoms with van der Waals surface area (Å²) >= 11 is 0. The molecular weight excluding hydrogens is 520 g/mol. The van der Waals surface area contributed by atoms with Crippen LogP contribution in [0.1, 0.15) is 77.0 Å². The molecule has 0 bridgehead atoms. The molecule has 1 N–H and O–H groups in total. The van der Waals surface area contributed by atoms with Crippen molar-refractivity contribution in [2.24, 2.45) is 0 Å². The van der Waals surface area contributed by atoms with Crippen molar-refractivity contribution in [1.82, 2.24) is 9.80 Å². The molecule has 1 heterocycles. The Labute approximate surface area is 244 Å². The van der Waals surface area contributed by atoms with Crippen LogP contribution in [0.2, 0.25) is 0 Å². The first kappa shape index (κ1) is 32.0. The summed E-state index contributed by atoms with van der Waals surface area (Å²) in [5.74, 6) is 0.174. The van der Waals surface area contributed by atoms with Crippen LogP contribution in [0.15, 0.2) is 48.0 Å². The van der Waals surface area contributed by atoms with Crippen LogP contribution in [0.25, 0.3) is 5.76 Å². The van der Waals surface area contributed by atoms with Crippen molar-refractivity contribution in [2.45, 2.75) is 65.8 Å². The van der Waals surface area contributed by atoms with Gasteiger partial charge in [0.15, 0.2) is 11.5 Å². The molecule has 0 spiro atoms. The monoisotopic (exact) mass is 566 g/mol. The molecule has 1 amide bonds. The average Bonchev–Trinajstić information content (AvgIpc) is 3.24. The SMILES string of the molecule is CCCCOc1cccc(C(O)=C2C(=O)C(=O)N(CCCN(CC)CC)C2c2ccc(OCCCC)c(OC)c2)c1. The van der Waals surface area contributed by atoms with Crippen LogP contribution in [0, 0.1) is 0 Å². The summed E-state index contributed by atoms with van der Waals surface area (Å²) in [6, 6.07) is 11.7. The number of carbonyl (C=O) groups excluding carboxylic acids is 2. The molecule has 2 aromatic carbocycles. The highest BCUT2D eigenvalue weighted by Gasteiger charge is 2.46. The molecule has 1 aliphatic rings. The molecule has 8 nitrogen and oxygen atoms in total. The summed E-state index contributed by atoms with van der Waals surface area (Å²) in [6.07, 6.45) is 4.53. The number of methoxy groups -OCH3 is 1. The van der Waals surface area contributed by atoms with E-state index in [4.69, 9.17) is 14.2 Å². The van der Waals surface area contributed by atoms with E-state index in [0.29, 0.717) is 54.6 Å². The van der Waals surface area contributed by atoms with Crippen molar-refractivity contribution in [3.63, 3.8) is 0 Å². The highest BCUT2D eigenvalue weighted by Crippen LogP contribution is 2.42. The Morgan fingerprint density at radius 3 is 2.27 bits per heavy atom. The van der Waals surface area contributed by atoms with Gasteiger partial charge in [0, 0.05) is 12.1 Å². The third-order valence-electron chi connectivity index (χ3n) is 7.44. The van der Waals surface area contributed by atoms with Crippen LogP contribution >= 0.6 is 0 Å². The van der Waals surface area contributed by atoms with E-state index in [-0.39, 0.29) is 11.3 Å². The number of aliphatic hydroxyl groups is 1. The number of ether oxygens (including phenoxy) is 3. The van der Waals surface area contributed by atoms with E-state index in [1.165, 1.54) is 0 Å². The second kappa shape index (κ2) is 16.1. The summed E-state index contributed by atoms with van der Waals surface area (Å²) in [7, 11) is 1.57. The lowest BCUT2D eigenvalue weighted by Gasteiger charge is -2.27. The third-order valence-corrected chi connectivity index (χ3v) is 7.44. The number of Topliss-reactive ketones (excluding diaryl/α,β-unsaturated/α-hetero) is 1. The van der Waals surface area contributed by atoms with Crippen LogP contribution in [-0.4, -0.2) is 73.1 Å². The largest absolute Gasteiger partial charge is 0.507 e. The Hall–Kier alpha value is -3.52. The second-order valence-corrected chi connectivity index (χ2v) is 10.2. The number of hydrogen-bond acceptors (Lipinski definition) is 7. The van der Waals surface area contributed by atoms with Crippen molar-refractivity contribution in [3.8, 4) is 17.2 Å². The third kappa shape index (κ3) is 8.03. The van der Waals surface area contributed by atoms with Crippen LogP contribution < -0.4 is 14.2 Å². The molecule has 3 rings (SSSR count). The lowest BCUT2D eigenvalue weighted by molar-refractivity contribution is -0.140.